The molecule has 10 heteroatoms. The number of ketones is 1. The fraction of sp³-hybridized carbons (Fsp3) is 0.391. The van der Waals surface area contributed by atoms with Gasteiger partial charge in [0, 0.05) is 38.1 Å². The van der Waals surface area contributed by atoms with Crippen molar-refractivity contribution in [2.75, 3.05) is 37.9 Å². The number of Topliss-reactive ketones (excluding diaryl/α,β-unsaturated/α-hetero) is 1. The number of hydrogen-bond acceptors (Lipinski definition) is 7. The van der Waals surface area contributed by atoms with Crippen LogP contribution in [0.4, 0.5) is 5.69 Å². The number of nitriles is 1. The molecule has 2 aliphatic rings. The van der Waals surface area contributed by atoms with Gasteiger partial charge in [-0.05, 0) is 45.8 Å². The van der Waals surface area contributed by atoms with Gasteiger partial charge < -0.3 is 19.7 Å². The van der Waals surface area contributed by atoms with E-state index >= 15 is 0 Å². The van der Waals surface area contributed by atoms with Gasteiger partial charge in [-0.15, -0.1) is 11.3 Å². The first-order valence-electron chi connectivity index (χ1n) is 10.6. The van der Waals surface area contributed by atoms with Crippen LogP contribution in [0.15, 0.2) is 45.2 Å². The van der Waals surface area contributed by atoms with E-state index in [0.717, 1.165) is 15.0 Å². The SMILES string of the molecule is N#CN=C1CCOCCN1c1ccc(CC(=O)[C@@]2(NC(=O)c3ccc(Br)s3)CCOC2)cc1. The molecular formula is C23H23BrN4O4S. The number of benzene rings is 1. The van der Waals surface area contributed by atoms with Crippen LogP contribution < -0.4 is 10.2 Å². The Hall–Kier alpha value is -2.58. The Bertz CT molecular complexity index is 1090. The molecule has 2 saturated heterocycles. The molecule has 4 rings (SSSR count). The van der Waals surface area contributed by atoms with E-state index in [9.17, 15) is 9.59 Å². The van der Waals surface area contributed by atoms with Crippen molar-refractivity contribution in [3.05, 3.63) is 50.6 Å². The van der Waals surface area contributed by atoms with E-state index in [1.165, 1.54) is 11.3 Å². The van der Waals surface area contributed by atoms with Crippen molar-refractivity contribution in [2.45, 2.75) is 24.8 Å². The largest absolute Gasteiger partial charge is 0.379 e. The molecule has 0 radical (unpaired) electrons. The predicted octanol–water partition coefficient (Wildman–Crippen LogP) is 3.32. The number of hydrogen-bond donors (Lipinski definition) is 1. The summed E-state index contributed by atoms with van der Waals surface area (Å²) in [5, 5.41) is 11.9. The zero-order valence-electron chi connectivity index (χ0n) is 17.9. The summed E-state index contributed by atoms with van der Waals surface area (Å²) in [6.07, 6.45) is 3.06. The highest BCUT2D eigenvalue weighted by atomic mass is 79.9. The first-order valence-corrected chi connectivity index (χ1v) is 12.2. The highest BCUT2D eigenvalue weighted by Gasteiger charge is 2.43. The molecule has 1 atom stereocenters. The third-order valence-corrected chi connectivity index (χ3v) is 7.36. The molecular weight excluding hydrogens is 508 g/mol. The summed E-state index contributed by atoms with van der Waals surface area (Å²) in [5.74, 6) is 0.322. The molecule has 0 saturated carbocycles. The van der Waals surface area contributed by atoms with Gasteiger partial charge in [0.15, 0.2) is 5.78 Å². The number of anilines is 1. The van der Waals surface area contributed by atoms with Gasteiger partial charge in [-0.2, -0.15) is 10.3 Å². The van der Waals surface area contributed by atoms with E-state index in [2.05, 4.69) is 26.2 Å². The summed E-state index contributed by atoms with van der Waals surface area (Å²) in [6, 6.07) is 11.2. The van der Waals surface area contributed by atoms with Gasteiger partial charge in [0.2, 0.25) is 6.19 Å². The summed E-state index contributed by atoms with van der Waals surface area (Å²) in [4.78, 5) is 32.5. The van der Waals surface area contributed by atoms with E-state index in [1.54, 1.807) is 6.07 Å². The minimum absolute atomic E-state index is 0.0772. The Morgan fingerprint density at radius 1 is 1.18 bits per heavy atom. The van der Waals surface area contributed by atoms with E-state index in [-0.39, 0.29) is 24.7 Å². The first kappa shape index (κ1) is 23.6. The Morgan fingerprint density at radius 2 is 2.00 bits per heavy atom. The topological polar surface area (TPSA) is 104 Å². The highest BCUT2D eigenvalue weighted by molar-refractivity contribution is 9.11. The molecule has 2 fully saturated rings. The second-order valence-electron chi connectivity index (χ2n) is 7.85. The molecule has 33 heavy (non-hydrogen) atoms. The Balaban J connectivity index is 1.47. The van der Waals surface area contributed by atoms with Crippen LogP contribution >= 0.6 is 27.3 Å². The summed E-state index contributed by atoms with van der Waals surface area (Å²) >= 11 is 4.69. The number of rotatable bonds is 6. The molecule has 3 heterocycles. The molecule has 0 spiro atoms. The average molecular weight is 531 g/mol. The van der Waals surface area contributed by atoms with Gasteiger partial charge in [-0.3, -0.25) is 9.59 Å². The van der Waals surface area contributed by atoms with Crippen LogP contribution in [0.1, 0.15) is 28.1 Å². The second-order valence-corrected chi connectivity index (χ2v) is 10.3. The number of ether oxygens (including phenoxy) is 2. The molecule has 1 aromatic carbocycles. The maximum atomic E-state index is 13.3. The number of carbonyl (C=O) groups excluding carboxylic acids is 2. The summed E-state index contributed by atoms with van der Waals surface area (Å²) < 4.78 is 11.9. The van der Waals surface area contributed by atoms with Gasteiger partial charge in [-0.25, -0.2) is 0 Å². The van der Waals surface area contributed by atoms with Crippen molar-refractivity contribution < 1.29 is 19.1 Å². The van der Waals surface area contributed by atoms with Crippen molar-refractivity contribution >= 4 is 50.5 Å². The summed E-state index contributed by atoms with van der Waals surface area (Å²) in [5.41, 5.74) is 0.704. The van der Waals surface area contributed by atoms with Crippen molar-refractivity contribution in [1.29, 1.82) is 5.26 Å². The molecule has 0 unspecified atom stereocenters. The fourth-order valence-electron chi connectivity index (χ4n) is 3.95. The van der Waals surface area contributed by atoms with Gasteiger partial charge >= 0.3 is 0 Å². The molecule has 0 bridgehead atoms. The number of nitrogens with one attached hydrogen (secondary N) is 1. The number of amidine groups is 1. The van der Waals surface area contributed by atoms with E-state index in [4.69, 9.17) is 14.7 Å². The van der Waals surface area contributed by atoms with E-state index < -0.39 is 5.54 Å². The lowest BCUT2D eigenvalue weighted by Crippen LogP contribution is -2.55. The molecule has 1 amide bonds. The smallest absolute Gasteiger partial charge is 0.262 e. The number of carbonyl (C=O) groups is 2. The Morgan fingerprint density at radius 3 is 2.67 bits per heavy atom. The number of nitrogens with zero attached hydrogens (tertiary/aromatic N) is 3. The Kier molecular flexibility index (Phi) is 7.55. The molecule has 2 aromatic rings. The summed E-state index contributed by atoms with van der Waals surface area (Å²) in [6.45, 7) is 2.28. The number of amides is 1. The van der Waals surface area contributed by atoms with Crippen LogP contribution in [-0.4, -0.2) is 56.0 Å². The third-order valence-electron chi connectivity index (χ3n) is 5.74. The molecule has 8 nitrogen and oxygen atoms in total. The van der Waals surface area contributed by atoms with Crippen LogP contribution in [0.3, 0.4) is 0 Å². The van der Waals surface area contributed by atoms with Crippen LogP contribution in [0.25, 0.3) is 0 Å². The van der Waals surface area contributed by atoms with Gasteiger partial charge in [0.05, 0.1) is 28.5 Å². The maximum Gasteiger partial charge on any atom is 0.262 e. The van der Waals surface area contributed by atoms with E-state index in [0.29, 0.717) is 49.9 Å². The molecule has 0 aliphatic carbocycles. The second kappa shape index (κ2) is 10.6. The lowest BCUT2D eigenvalue weighted by Gasteiger charge is -2.27. The van der Waals surface area contributed by atoms with Crippen LogP contribution in [0, 0.1) is 11.5 Å². The highest BCUT2D eigenvalue weighted by Crippen LogP contribution is 2.27. The standard InChI is InChI=1S/C23H23BrN4O4S/c24-20-6-5-18(33-20)22(30)27-23(8-11-32-14-23)19(29)13-16-1-3-17(4-2-16)28-9-12-31-10-7-21(28)26-15-25/h1-6H,7-14H2,(H,27,30)/t23-/m1/s1. The quantitative estimate of drug-likeness (QED) is 0.574. The van der Waals surface area contributed by atoms with Crippen LogP contribution in [0.5, 0.6) is 0 Å². The number of aliphatic imine (C=N–C) groups is 1. The molecule has 2 aliphatic heterocycles. The molecule has 1 aromatic heterocycles. The minimum atomic E-state index is -1.03. The van der Waals surface area contributed by atoms with Crippen LogP contribution in [0.2, 0.25) is 0 Å². The van der Waals surface area contributed by atoms with Gasteiger partial charge in [0.25, 0.3) is 5.91 Å². The predicted molar refractivity (Wildman–Crippen MR) is 129 cm³/mol. The molecule has 1 N–H and O–H groups in total. The van der Waals surface area contributed by atoms with Gasteiger partial charge in [-0.1, -0.05) is 12.1 Å². The molecule has 172 valence electrons. The van der Waals surface area contributed by atoms with Crippen molar-refractivity contribution in [1.82, 2.24) is 5.32 Å². The monoisotopic (exact) mass is 530 g/mol. The summed E-state index contributed by atoms with van der Waals surface area (Å²) in [7, 11) is 0. The maximum absolute atomic E-state index is 13.3. The lowest BCUT2D eigenvalue weighted by atomic mass is 9.88. The average Bonchev–Trinajstić information content (AvgIpc) is 3.40. The van der Waals surface area contributed by atoms with Crippen molar-refractivity contribution in [3.8, 4) is 6.19 Å². The zero-order chi connectivity index (χ0) is 23.3. The minimum Gasteiger partial charge on any atom is -0.379 e. The van der Waals surface area contributed by atoms with Crippen molar-refractivity contribution in [2.24, 2.45) is 4.99 Å². The number of thiophene rings is 1. The normalized spacial score (nSPS) is 22.1. The third kappa shape index (κ3) is 5.50. The van der Waals surface area contributed by atoms with Gasteiger partial charge in [0.1, 0.15) is 11.4 Å². The van der Waals surface area contributed by atoms with Crippen molar-refractivity contribution in [3.63, 3.8) is 0 Å². The zero-order valence-corrected chi connectivity index (χ0v) is 20.3. The lowest BCUT2D eigenvalue weighted by molar-refractivity contribution is -0.124. The number of halogens is 1. The Labute approximate surface area is 204 Å². The fourth-order valence-corrected chi connectivity index (χ4v) is 5.24. The van der Waals surface area contributed by atoms with E-state index in [1.807, 2.05) is 41.4 Å². The van der Waals surface area contributed by atoms with Crippen LogP contribution in [-0.2, 0) is 20.7 Å². The first-order chi connectivity index (χ1) is 16.0.